The van der Waals surface area contributed by atoms with E-state index < -0.39 is 116 Å². The van der Waals surface area contributed by atoms with Crippen molar-refractivity contribution in [3.05, 3.63) is 0 Å². The second-order valence-electron chi connectivity index (χ2n) is 9.69. The van der Waals surface area contributed by atoms with Crippen LogP contribution in [0.5, 0.6) is 0 Å². The molecule has 0 aromatic carbocycles. The Morgan fingerprint density at radius 3 is 1.27 bits per heavy atom. The molecular formula is C26H36O18. The van der Waals surface area contributed by atoms with Crippen LogP contribution < -0.4 is 0 Å². The van der Waals surface area contributed by atoms with Crippen molar-refractivity contribution >= 4 is 41.8 Å². The van der Waals surface area contributed by atoms with Crippen LogP contribution in [0.1, 0.15) is 48.5 Å². The predicted molar refractivity (Wildman–Crippen MR) is 135 cm³/mol. The monoisotopic (exact) mass is 636 g/mol. The largest absolute Gasteiger partial charge is 0.463 e. The first-order valence-corrected chi connectivity index (χ1v) is 13.3. The van der Waals surface area contributed by atoms with Crippen molar-refractivity contribution in [2.24, 2.45) is 0 Å². The zero-order valence-corrected chi connectivity index (χ0v) is 25.1. The number of esters is 7. The molecule has 0 amide bonds. The normalized spacial score (nSPS) is 31.5. The molecule has 2 heterocycles. The number of hydrogen-bond acceptors (Lipinski definition) is 18. The Morgan fingerprint density at radius 1 is 0.477 bits per heavy atom. The number of hydrogen-bond donors (Lipinski definition) is 1. The summed E-state index contributed by atoms with van der Waals surface area (Å²) in [6.07, 6.45) is -15.6. The van der Waals surface area contributed by atoms with Crippen LogP contribution in [0.4, 0.5) is 0 Å². The van der Waals surface area contributed by atoms with Gasteiger partial charge in [0.2, 0.25) is 0 Å². The Labute approximate surface area is 251 Å². The molecule has 2 aliphatic heterocycles. The Kier molecular flexibility index (Phi) is 13.4. The molecule has 0 aromatic rings. The van der Waals surface area contributed by atoms with Gasteiger partial charge in [-0.2, -0.15) is 0 Å². The van der Waals surface area contributed by atoms with Crippen LogP contribution in [0.25, 0.3) is 0 Å². The van der Waals surface area contributed by atoms with Gasteiger partial charge in [-0.1, -0.05) is 0 Å². The highest BCUT2D eigenvalue weighted by Gasteiger charge is 2.55. The van der Waals surface area contributed by atoms with Crippen molar-refractivity contribution < 1.29 is 86.0 Å². The predicted octanol–water partition coefficient (Wildman–Crippen LogP) is -1.40. The first-order valence-electron chi connectivity index (χ1n) is 13.3. The van der Waals surface area contributed by atoms with Gasteiger partial charge >= 0.3 is 41.8 Å². The van der Waals surface area contributed by atoms with Gasteiger partial charge in [-0.05, 0) is 0 Å². The first kappa shape index (κ1) is 36.3. The van der Waals surface area contributed by atoms with Crippen molar-refractivity contribution in [2.45, 2.75) is 110 Å². The third kappa shape index (κ3) is 10.7. The van der Waals surface area contributed by atoms with Gasteiger partial charge in [0.1, 0.15) is 18.8 Å². The lowest BCUT2D eigenvalue weighted by Crippen LogP contribution is -2.64. The SMILES string of the molecule is CC(=O)OC[C@H]1O[C@@H](OC[C@@H]2O[C@H](O)[C@@H](OC(C)=O)[C@H](OC(C)=O)[C@H]2OC(C)=O)[C@H](OC(C)=O)[C@@H](OC(C)=O)[C@@H]1OC(C)=O. The van der Waals surface area contributed by atoms with Gasteiger partial charge in [0.15, 0.2) is 49.2 Å². The maximum absolute atomic E-state index is 12.1. The van der Waals surface area contributed by atoms with Gasteiger partial charge in [0, 0.05) is 48.5 Å². The number of rotatable bonds is 11. The fourth-order valence-electron chi connectivity index (χ4n) is 4.52. The number of ether oxygens (including phenoxy) is 10. The summed E-state index contributed by atoms with van der Waals surface area (Å²) < 4.78 is 53.7. The van der Waals surface area contributed by atoms with E-state index in [2.05, 4.69) is 0 Å². The molecule has 44 heavy (non-hydrogen) atoms. The van der Waals surface area contributed by atoms with E-state index in [1.54, 1.807) is 0 Å². The molecule has 0 radical (unpaired) electrons. The molecule has 0 aromatic heterocycles. The van der Waals surface area contributed by atoms with E-state index in [9.17, 15) is 38.7 Å². The minimum Gasteiger partial charge on any atom is -0.463 e. The second kappa shape index (κ2) is 16.3. The van der Waals surface area contributed by atoms with Crippen LogP contribution in [-0.4, -0.2) is 122 Å². The van der Waals surface area contributed by atoms with Crippen molar-refractivity contribution in [2.75, 3.05) is 13.2 Å². The smallest absolute Gasteiger partial charge is 0.303 e. The summed E-state index contributed by atoms with van der Waals surface area (Å²) in [5.74, 6) is -5.94. The lowest BCUT2D eigenvalue weighted by molar-refractivity contribution is -0.330. The molecule has 248 valence electrons. The number of carbonyl (C=O) groups is 7. The lowest BCUT2D eigenvalue weighted by atomic mass is 9.97. The topological polar surface area (TPSA) is 232 Å². The van der Waals surface area contributed by atoms with E-state index in [1.165, 1.54) is 0 Å². The van der Waals surface area contributed by atoms with Crippen molar-refractivity contribution in [3.8, 4) is 0 Å². The van der Waals surface area contributed by atoms with Crippen LogP contribution in [-0.2, 0) is 80.9 Å². The summed E-state index contributed by atoms with van der Waals surface area (Å²) in [5, 5.41) is 10.6. The van der Waals surface area contributed by atoms with Crippen molar-refractivity contribution in [1.29, 1.82) is 0 Å². The molecule has 1 N–H and O–H groups in total. The van der Waals surface area contributed by atoms with Crippen LogP contribution in [0.15, 0.2) is 0 Å². The average Bonchev–Trinajstić information content (AvgIpc) is 2.87. The van der Waals surface area contributed by atoms with Crippen molar-refractivity contribution in [1.82, 2.24) is 0 Å². The van der Waals surface area contributed by atoms with Crippen LogP contribution in [0.3, 0.4) is 0 Å². The maximum atomic E-state index is 12.1. The molecule has 18 heteroatoms. The summed E-state index contributed by atoms with van der Waals surface area (Å²) in [7, 11) is 0. The van der Waals surface area contributed by atoms with Crippen LogP contribution >= 0.6 is 0 Å². The molecule has 0 bridgehead atoms. The van der Waals surface area contributed by atoms with E-state index in [0.717, 1.165) is 48.5 Å². The summed E-state index contributed by atoms with van der Waals surface area (Å²) in [5.41, 5.74) is 0. The number of aliphatic hydroxyl groups excluding tert-OH is 1. The third-order valence-corrected chi connectivity index (χ3v) is 5.89. The van der Waals surface area contributed by atoms with E-state index in [0.29, 0.717) is 0 Å². The average molecular weight is 637 g/mol. The minimum atomic E-state index is -1.90. The summed E-state index contributed by atoms with van der Waals surface area (Å²) >= 11 is 0. The Balaban J connectivity index is 2.48. The minimum absolute atomic E-state index is 0.523. The summed E-state index contributed by atoms with van der Waals surface area (Å²) in [4.78, 5) is 83.0. The van der Waals surface area contributed by atoms with E-state index >= 15 is 0 Å². The molecule has 2 saturated heterocycles. The van der Waals surface area contributed by atoms with Crippen LogP contribution in [0.2, 0.25) is 0 Å². The standard InChI is InChI=1S/C26H36O18/c1-10(27)35-8-18-20(38-12(3)29)22(40-14(5)31)24(42-16(7)33)26(44-18)36-9-17-19(37-11(2)28)21(39-13(4)30)23(25(34)43-17)41-15(6)32/h17-26,34H,8-9H2,1-7H3/t17-,18+,19-,20+,21+,22-,23-,24+,25-,26+/m0/s1. The zero-order valence-electron chi connectivity index (χ0n) is 25.1. The molecule has 0 saturated carbocycles. The van der Waals surface area contributed by atoms with Gasteiger partial charge in [0.05, 0.1) is 6.61 Å². The fourth-order valence-corrected chi connectivity index (χ4v) is 4.52. The molecular weight excluding hydrogens is 600 g/mol. The Morgan fingerprint density at radius 2 is 0.841 bits per heavy atom. The molecule has 18 nitrogen and oxygen atoms in total. The molecule has 2 fully saturated rings. The van der Waals surface area contributed by atoms with Gasteiger partial charge in [-0.25, -0.2) is 0 Å². The molecule has 0 spiro atoms. The van der Waals surface area contributed by atoms with Gasteiger partial charge < -0.3 is 52.5 Å². The highest BCUT2D eigenvalue weighted by molar-refractivity contribution is 5.69. The molecule has 2 rings (SSSR count). The van der Waals surface area contributed by atoms with Gasteiger partial charge in [-0.3, -0.25) is 33.6 Å². The molecule has 0 unspecified atom stereocenters. The molecule has 0 aliphatic carbocycles. The van der Waals surface area contributed by atoms with Gasteiger partial charge in [-0.15, -0.1) is 0 Å². The Bertz CT molecular complexity index is 1090. The van der Waals surface area contributed by atoms with E-state index in [1.807, 2.05) is 0 Å². The third-order valence-electron chi connectivity index (χ3n) is 5.89. The fraction of sp³-hybridized carbons (Fsp3) is 0.731. The van der Waals surface area contributed by atoms with E-state index in [-0.39, 0.29) is 0 Å². The molecule has 10 atom stereocenters. The quantitative estimate of drug-likeness (QED) is 0.203. The first-order chi connectivity index (χ1) is 20.5. The highest BCUT2D eigenvalue weighted by atomic mass is 16.7. The number of aliphatic hydroxyl groups is 1. The van der Waals surface area contributed by atoms with Crippen LogP contribution in [0, 0.1) is 0 Å². The lowest BCUT2D eigenvalue weighted by Gasteiger charge is -2.45. The number of carbonyl (C=O) groups excluding carboxylic acids is 7. The van der Waals surface area contributed by atoms with Crippen molar-refractivity contribution in [3.63, 3.8) is 0 Å². The Hall–Kier alpha value is -3.87. The maximum Gasteiger partial charge on any atom is 0.303 e. The highest BCUT2D eigenvalue weighted by Crippen LogP contribution is 2.32. The van der Waals surface area contributed by atoms with Gasteiger partial charge in [0.25, 0.3) is 0 Å². The molecule has 2 aliphatic rings. The van der Waals surface area contributed by atoms with E-state index in [4.69, 9.17) is 47.4 Å². The summed E-state index contributed by atoms with van der Waals surface area (Å²) in [6.45, 7) is 6.15. The summed E-state index contributed by atoms with van der Waals surface area (Å²) in [6, 6.07) is 0. The zero-order chi connectivity index (χ0) is 33.3. The second-order valence-corrected chi connectivity index (χ2v) is 9.69.